The van der Waals surface area contributed by atoms with Crippen LogP contribution in [0.25, 0.3) is 0 Å². The fourth-order valence-electron chi connectivity index (χ4n) is 1.40. The summed E-state index contributed by atoms with van der Waals surface area (Å²) in [5.74, 6) is 0.364. The maximum atomic E-state index is 13.2. The smallest absolute Gasteiger partial charge is 0.122 e. The lowest BCUT2D eigenvalue weighted by Gasteiger charge is -2.16. The average Bonchev–Trinajstić information content (AvgIpc) is 1.85. The Morgan fingerprint density at radius 3 is 2.45 bits per heavy atom. The van der Waals surface area contributed by atoms with Crippen molar-refractivity contribution in [2.75, 3.05) is 0 Å². The van der Waals surface area contributed by atoms with Crippen LogP contribution in [0.15, 0.2) is 23.0 Å². The molecule has 0 amide bonds. The Kier molecular flexibility index (Phi) is 2.48. The molecule has 0 aromatic carbocycles. The third-order valence-electron chi connectivity index (χ3n) is 2.17. The van der Waals surface area contributed by atoms with E-state index in [9.17, 15) is 4.39 Å². The monoisotopic (exact) mass is 154 g/mol. The molecular formula is C10H15F. The maximum absolute atomic E-state index is 13.2. The second-order valence-corrected chi connectivity index (χ2v) is 3.52. The van der Waals surface area contributed by atoms with E-state index in [0.29, 0.717) is 5.92 Å². The van der Waals surface area contributed by atoms with Crippen molar-refractivity contribution in [1.29, 1.82) is 0 Å². The van der Waals surface area contributed by atoms with Crippen LogP contribution in [0.1, 0.15) is 33.6 Å². The van der Waals surface area contributed by atoms with E-state index in [1.807, 2.05) is 20.8 Å². The lowest BCUT2D eigenvalue weighted by Crippen LogP contribution is -2.01. The van der Waals surface area contributed by atoms with Crippen LogP contribution in [0.4, 0.5) is 4.39 Å². The van der Waals surface area contributed by atoms with Gasteiger partial charge in [0.1, 0.15) is 5.83 Å². The average molecular weight is 154 g/mol. The molecule has 0 fully saturated rings. The number of allylic oxidation sites excluding steroid dienone is 4. The minimum absolute atomic E-state index is 0.00347. The van der Waals surface area contributed by atoms with Gasteiger partial charge in [0.05, 0.1) is 0 Å². The zero-order valence-electron chi connectivity index (χ0n) is 7.45. The van der Waals surface area contributed by atoms with E-state index < -0.39 is 0 Å². The molecule has 1 heteroatoms. The Bertz CT molecular complexity index is 209. The van der Waals surface area contributed by atoms with Crippen molar-refractivity contribution in [3.63, 3.8) is 0 Å². The van der Waals surface area contributed by atoms with E-state index in [2.05, 4.69) is 0 Å². The van der Waals surface area contributed by atoms with Gasteiger partial charge in [-0.2, -0.15) is 0 Å². The molecule has 0 atom stereocenters. The molecule has 1 aliphatic carbocycles. The van der Waals surface area contributed by atoms with Crippen LogP contribution >= 0.6 is 0 Å². The Morgan fingerprint density at radius 2 is 2.00 bits per heavy atom. The maximum Gasteiger partial charge on any atom is 0.122 e. The molecule has 0 heterocycles. The zero-order valence-corrected chi connectivity index (χ0v) is 7.45. The van der Waals surface area contributed by atoms with Gasteiger partial charge in [-0.3, -0.25) is 0 Å². The molecule has 0 aromatic heterocycles. The van der Waals surface area contributed by atoms with Crippen molar-refractivity contribution < 1.29 is 4.39 Å². The van der Waals surface area contributed by atoms with Gasteiger partial charge in [0.15, 0.2) is 0 Å². The molecule has 11 heavy (non-hydrogen) atoms. The van der Waals surface area contributed by atoms with Gasteiger partial charge < -0.3 is 0 Å². The highest BCUT2D eigenvalue weighted by atomic mass is 19.1. The molecule has 0 aromatic rings. The zero-order chi connectivity index (χ0) is 8.43. The minimum Gasteiger partial charge on any atom is -0.207 e. The third kappa shape index (κ3) is 1.92. The fraction of sp³-hybridized carbons (Fsp3) is 0.600. The quantitative estimate of drug-likeness (QED) is 0.541. The summed E-state index contributed by atoms with van der Waals surface area (Å²) in [6, 6.07) is 0. The summed E-state index contributed by atoms with van der Waals surface area (Å²) in [5, 5.41) is 0. The van der Waals surface area contributed by atoms with E-state index in [4.69, 9.17) is 0 Å². The van der Waals surface area contributed by atoms with E-state index in [-0.39, 0.29) is 5.83 Å². The molecule has 0 aliphatic heterocycles. The summed E-state index contributed by atoms with van der Waals surface area (Å²) in [6.07, 6.45) is 3.60. The predicted molar refractivity (Wildman–Crippen MR) is 46.0 cm³/mol. The van der Waals surface area contributed by atoms with Crippen LogP contribution in [0.5, 0.6) is 0 Å². The summed E-state index contributed by atoms with van der Waals surface area (Å²) < 4.78 is 13.2. The molecule has 0 nitrogen and oxygen atoms in total. The Labute approximate surface area is 67.8 Å². The van der Waals surface area contributed by atoms with Gasteiger partial charge >= 0.3 is 0 Å². The topological polar surface area (TPSA) is 0 Å². The molecule has 1 rings (SSSR count). The number of hydrogen-bond donors (Lipinski definition) is 0. The van der Waals surface area contributed by atoms with Crippen LogP contribution in [-0.2, 0) is 0 Å². The number of halogens is 1. The van der Waals surface area contributed by atoms with Crippen molar-refractivity contribution in [3.8, 4) is 0 Å². The van der Waals surface area contributed by atoms with Crippen LogP contribution in [0.2, 0.25) is 0 Å². The molecule has 0 spiro atoms. The molecule has 0 radical (unpaired) electrons. The third-order valence-corrected chi connectivity index (χ3v) is 2.17. The fourth-order valence-corrected chi connectivity index (χ4v) is 1.40. The molecule has 1 aliphatic rings. The predicted octanol–water partition coefficient (Wildman–Crippen LogP) is 3.61. The first-order valence-electron chi connectivity index (χ1n) is 4.17. The molecule has 0 saturated heterocycles. The van der Waals surface area contributed by atoms with E-state index in [1.165, 1.54) is 0 Å². The van der Waals surface area contributed by atoms with Crippen molar-refractivity contribution >= 4 is 0 Å². The summed E-state index contributed by atoms with van der Waals surface area (Å²) >= 11 is 0. The van der Waals surface area contributed by atoms with E-state index in [1.54, 1.807) is 6.08 Å². The van der Waals surface area contributed by atoms with Gasteiger partial charge in [-0.25, -0.2) is 4.39 Å². The van der Waals surface area contributed by atoms with Gasteiger partial charge in [0, 0.05) is 0 Å². The molecule has 0 bridgehead atoms. The van der Waals surface area contributed by atoms with Crippen LogP contribution in [0.3, 0.4) is 0 Å². The van der Waals surface area contributed by atoms with Crippen molar-refractivity contribution in [2.24, 2.45) is 5.92 Å². The lowest BCUT2D eigenvalue weighted by atomic mass is 9.91. The lowest BCUT2D eigenvalue weighted by molar-refractivity contribution is 0.582. The highest BCUT2D eigenvalue weighted by molar-refractivity contribution is 5.28. The molecule has 62 valence electrons. The van der Waals surface area contributed by atoms with E-state index >= 15 is 0 Å². The normalized spacial score (nSPS) is 19.2. The first-order chi connectivity index (χ1) is 5.11. The summed E-state index contributed by atoms with van der Waals surface area (Å²) in [6.45, 7) is 6.07. The standard InChI is InChI=1S/C10H15F/c1-7(2)9-5-4-8(3)6-10(9)11/h6-7H,4-5H2,1-3H3. The Balaban J connectivity index is 2.86. The van der Waals surface area contributed by atoms with Gasteiger partial charge in [-0.15, -0.1) is 0 Å². The van der Waals surface area contributed by atoms with Gasteiger partial charge in [0.25, 0.3) is 0 Å². The first-order valence-corrected chi connectivity index (χ1v) is 4.17. The van der Waals surface area contributed by atoms with Crippen LogP contribution in [0, 0.1) is 5.92 Å². The van der Waals surface area contributed by atoms with Crippen molar-refractivity contribution in [1.82, 2.24) is 0 Å². The highest BCUT2D eigenvalue weighted by Crippen LogP contribution is 2.29. The summed E-state index contributed by atoms with van der Waals surface area (Å²) in [7, 11) is 0. The van der Waals surface area contributed by atoms with Crippen molar-refractivity contribution in [2.45, 2.75) is 33.6 Å². The summed E-state index contributed by atoms with van der Waals surface area (Å²) in [5.41, 5.74) is 2.14. The second kappa shape index (κ2) is 3.21. The molecular weight excluding hydrogens is 139 g/mol. The van der Waals surface area contributed by atoms with Gasteiger partial charge in [0.2, 0.25) is 0 Å². The number of hydrogen-bond acceptors (Lipinski definition) is 0. The Morgan fingerprint density at radius 1 is 1.36 bits per heavy atom. The minimum atomic E-state index is 0.00347. The van der Waals surface area contributed by atoms with Crippen LogP contribution < -0.4 is 0 Å². The summed E-state index contributed by atoms with van der Waals surface area (Å²) in [4.78, 5) is 0. The van der Waals surface area contributed by atoms with Gasteiger partial charge in [-0.05, 0) is 37.3 Å². The van der Waals surface area contributed by atoms with E-state index in [0.717, 1.165) is 24.0 Å². The second-order valence-electron chi connectivity index (χ2n) is 3.52. The molecule has 0 saturated carbocycles. The molecule has 0 unspecified atom stereocenters. The Hall–Kier alpha value is -0.590. The largest absolute Gasteiger partial charge is 0.207 e. The SMILES string of the molecule is CC1=CC(F)=C(C(C)C)CC1. The molecule has 0 N–H and O–H groups in total. The van der Waals surface area contributed by atoms with Gasteiger partial charge in [-0.1, -0.05) is 19.4 Å². The van der Waals surface area contributed by atoms with Crippen molar-refractivity contribution in [3.05, 3.63) is 23.0 Å². The highest BCUT2D eigenvalue weighted by Gasteiger charge is 2.13. The number of rotatable bonds is 1. The first kappa shape index (κ1) is 8.51. The van der Waals surface area contributed by atoms with Crippen LogP contribution in [-0.4, -0.2) is 0 Å².